The van der Waals surface area contributed by atoms with Crippen LogP contribution in [-0.2, 0) is 23.3 Å². The van der Waals surface area contributed by atoms with Crippen LogP contribution in [0.15, 0.2) is 33.9 Å². The maximum absolute atomic E-state index is 13.2. The molecule has 0 unspecified atom stereocenters. The van der Waals surface area contributed by atoms with Crippen LogP contribution in [0.25, 0.3) is 10.9 Å². The standard InChI is InChI=1S/C19H21N5O3S2/c1-23-16(12-9-29-10-14(12)22-23)21-17(25)15(7-8-28-2)24-18(26)11-5-3-4-6-13(11)20-19(24)27/h3-6,15H,7-10H2,1-2H3,(H,20,27)(H,21,25)/t15-/m0/s1. The molecule has 152 valence electrons. The molecule has 2 N–H and O–H groups in total. The zero-order chi connectivity index (χ0) is 20.5. The van der Waals surface area contributed by atoms with Crippen LogP contribution in [0.1, 0.15) is 23.7 Å². The van der Waals surface area contributed by atoms with Crippen molar-refractivity contribution in [2.24, 2.45) is 7.05 Å². The number of carbonyl (C=O) groups excluding carboxylic acids is 1. The number of aromatic nitrogens is 4. The van der Waals surface area contributed by atoms with Gasteiger partial charge in [0.15, 0.2) is 0 Å². The number of para-hydroxylation sites is 1. The summed E-state index contributed by atoms with van der Waals surface area (Å²) in [6.07, 6.45) is 2.29. The summed E-state index contributed by atoms with van der Waals surface area (Å²) in [5, 5.41) is 7.76. The molecule has 1 atom stereocenters. The summed E-state index contributed by atoms with van der Waals surface area (Å²) in [4.78, 5) is 41.7. The highest BCUT2D eigenvalue weighted by molar-refractivity contribution is 7.98. The summed E-state index contributed by atoms with van der Waals surface area (Å²) in [6.45, 7) is 0. The number of carbonyl (C=O) groups is 1. The molecule has 3 heterocycles. The number of fused-ring (bicyclic) bond motifs is 2. The van der Waals surface area contributed by atoms with E-state index < -0.39 is 17.3 Å². The third-order valence-corrected chi connectivity index (χ3v) is 6.62. The molecule has 1 aromatic carbocycles. The van der Waals surface area contributed by atoms with Crippen LogP contribution in [0.4, 0.5) is 5.82 Å². The largest absolute Gasteiger partial charge is 0.329 e. The molecule has 1 amide bonds. The Labute approximate surface area is 175 Å². The van der Waals surface area contributed by atoms with E-state index in [-0.39, 0.29) is 5.91 Å². The van der Waals surface area contributed by atoms with Gasteiger partial charge in [-0.05, 0) is 30.6 Å². The summed E-state index contributed by atoms with van der Waals surface area (Å²) < 4.78 is 2.69. The Hall–Kier alpha value is -2.46. The number of aromatic amines is 1. The first-order chi connectivity index (χ1) is 14.0. The van der Waals surface area contributed by atoms with Crippen molar-refractivity contribution in [2.45, 2.75) is 24.0 Å². The fourth-order valence-electron chi connectivity index (χ4n) is 3.56. The van der Waals surface area contributed by atoms with Crippen molar-refractivity contribution in [1.29, 1.82) is 0 Å². The van der Waals surface area contributed by atoms with Gasteiger partial charge in [-0.3, -0.25) is 14.3 Å². The first-order valence-electron chi connectivity index (χ1n) is 9.17. The molecular weight excluding hydrogens is 410 g/mol. The van der Waals surface area contributed by atoms with Gasteiger partial charge in [0.1, 0.15) is 11.9 Å². The van der Waals surface area contributed by atoms with Crippen LogP contribution in [0.5, 0.6) is 0 Å². The minimum Gasteiger partial charge on any atom is -0.309 e. The molecule has 8 nitrogen and oxygen atoms in total. The van der Waals surface area contributed by atoms with Crippen LogP contribution in [-0.4, -0.2) is 37.2 Å². The predicted molar refractivity (Wildman–Crippen MR) is 118 cm³/mol. The van der Waals surface area contributed by atoms with Gasteiger partial charge in [0, 0.05) is 24.1 Å². The monoisotopic (exact) mass is 431 g/mol. The maximum Gasteiger partial charge on any atom is 0.329 e. The van der Waals surface area contributed by atoms with E-state index in [1.807, 2.05) is 6.26 Å². The van der Waals surface area contributed by atoms with Gasteiger partial charge < -0.3 is 10.3 Å². The van der Waals surface area contributed by atoms with Crippen LogP contribution in [0, 0.1) is 0 Å². The van der Waals surface area contributed by atoms with E-state index in [4.69, 9.17) is 0 Å². The van der Waals surface area contributed by atoms with Gasteiger partial charge in [-0.1, -0.05) is 12.1 Å². The van der Waals surface area contributed by atoms with Crippen molar-refractivity contribution in [3.05, 3.63) is 56.4 Å². The molecule has 4 rings (SSSR count). The van der Waals surface area contributed by atoms with E-state index in [0.29, 0.717) is 28.9 Å². The number of benzene rings is 1. The number of H-pyrrole nitrogens is 1. The number of anilines is 1. The van der Waals surface area contributed by atoms with Crippen LogP contribution in [0.2, 0.25) is 0 Å². The fourth-order valence-corrected chi connectivity index (χ4v) is 5.06. The van der Waals surface area contributed by atoms with Gasteiger partial charge in [0.05, 0.1) is 16.6 Å². The fraction of sp³-hybridized carbons (Fsp3) is 0.368. The summed E-state index contributed by atoms with van der Waals surface area (Å²) in [5.41, 5.74) is 1.39. The van der Waals surface area contributed by atoms with Crippen molar-refractivity contribution in [2.75, 3.05) is 17.3 Å². The second kappa shape index (κ2) is 8.11. The average molecular weight is 432 g/mol. The SMILES string of the molecule is CSCC[C@@H](C(=O)Nc1c2c(nn1C)CSC2)n1c(=O)[nH]c2ccccc2c1=O. The number of hydrogen-bond donors (Lipinski definition) is 2. The van der Waals surface area contributed by atoms with E-state index >= 15 is 0 Å². The lowest BCUT2D eigenvalue weighted by Gasteiger charge is -2.19. The van der Waals surface area contributed by atoms with Crippen LogP contribution in [0.3, 0.4) is 0 Å². The molecule has 10 heteroatoms. The third kappa shape index (κ3) is 3.62. The summed E-state index contributed by atoms with van der Waals surface area (Å²) >= 11 is 3.30. The summed E-state index contributed by atoms with van der Waals surface area (Å²) in [6, 6.07) is 5.90. The molecule has 2 aromatic heterocycles. The Balaban J connectivity index is 1.76. The van der Waals surface area contributed by atoms with E-state index in [1.165, 1.54) is 0 Å². The van der Waals surface area contributed by atoms with E-state index in [9.17, 15) is 14.4 Å². The maximum atomic E-state index is 13.2. The predicted octanol–water partition coefficient (Wildman–Crippen LogP) is 2.10. The van der Waals surface area contributed by atoms with Gasteiger partial charge in [0.2, 0.25) is 5.91 Å². The molecule has 3 aromatic rings. The molecule has 0 aliphatic carbocycles. The Kier molecular flexibility index (Phi) is 5.55. The second-order valence-electron chi connectivity index (χ2n) is 6.83. The van der Waals surface area contributed by atoms with E-state index in [1.54, 1.807) is 59.5 Å². The summed E-state index contributed by atoms with van der Waals surface area (Å²) in [7, 11) is 1.78. The number of amides is 1. The molecule has 29 heavy (non-hydrogen) atoms. The number of nitrogens with one attached hydrogen (secondary N) is 2. The lowest BCUT2D eigenvalue weighted by Crippen LogP contribution is -2.43. The molecule has 0 fully saturated rings. The highest BCUT2D eigenvalue weighted by atomic mass is 32.2. The Bertz CT molecular complexity index is 1200. The van der Waals surface area contributed by atoms with Crippen molar-refractivity contribution in [3.63, 3.8) is 0 Å². The Morgan fingerprint density at radius 2 is 2.14 bits per heavy atom. The number of nitrogens with zero attached hydrogens (tertiary/aromatic N) is 3. The molecule has 0 saturated heterocycles. The number of thioether (sulfide) groups is 2. The van der Waals surface area contributed by atoms with Crippen LogP contribution < -0.4 is 16.6 Å². The molecule has 0 spiro atoms. The second-order valence-corrected chi connectivity index (χ2v) is 8.80. The van der Waals surface area contributed by atoms with E-state index in [0.717, 1.165) is 27.3 Å². The minimum absolute atomic E-state index is 0.364. The van der Waals surface area contributed by atoms with Crippen molar-refractivity contribution >= 4 is 46.2 Å². The van der Waals surface area contributed by atoms with Gasteiger partial charge >= 0.3 is 5.69 Å². The van der Waals surface area contributed by atoms with Crippen molar-refractivity contribution < 1.29 is 4.79 Å². The first kappa shape index (κ1) is 19.8. The number of aryl methyl sites for hydroxylation is 1. The topological polar surface area (TPSA) is 102 Å². The average Bonchev–Trinajstić information content (AvgIpc) is 3.26. The Morgan fingerprint density at radius 1 is 1.34 bits per heavy atom. The lowest BCUT2D eigenvalue weighted by molar-refractivity contribution is -0.119. The van der Waals surface area contributed by atoms with E-state index in [2.05, 4.69) is 15.4 Å². The van der Waals surface area contributed by atoms with Gasteiger partial charge in [-0.2, -0.15) is 28.6 Å². The van der Waals surface area contributed by atoms with Crippen molar-refractivity contribution in [1.82, 2.24) is 19.3 Å². The Morgan fingerprint density at radius 3 is 2.93 bits per heavy atom. The van der Waals surface area contributed by atoms with Gasteiger partial charge in [0.25, 0.3) is 5.56 Å². The normalized spacial score (nSPS) is 14.1. The number of rotatable bonds is 6. The van der Waals surface area contributed by atoms with Gasteiger partial charge in [-0.25, -0.2) is 9.36 Å². The third-order valence-electron chi connectivity index (χ3n) is 5.00. The quantitative estimate of drug-likeness (QED) is 0.620. The molecular formula is C19H21N5O3S2. The zero-order valence-corrected chi connectivity index (χ0v) is 17.7. The highest BCUT2D eigenvalue weighted by Crippen LogP contribution is 2.34. The summed E-state index contributed by atoms with van der Waals surface area (Å²) in [5.74, 6) is 2.48. The van der Waals surface area contributed by atoms with Gasteiger partial charge in [-0.15, -0.1) is 0 Å². The first-order valence-corrected chi connectivity index (χ1v) is 11.7. The van der Waals surface area contributed by atoms with Crippen molar-refractivity contribution in [3.8, 4) is 0 Å². The smallest absolute Gasteiger partial charge is 0.309 e. The molecule has 1 aliphatic heterocycles. The molecule has 1 aliphatic rings. The number of hydrogen-bond acceptors (Lipinski definition) is 6. The minimum atomic E-state index is -0.914. The van der Waals surface area contributed by atoms with Crippen LogP contribution >= 0.6 is 23.5 Å². The molecule has 0 radical (unpaired) electrons. The lowest BCUT2D eigenvalue weighted by atomic mass is 10.1. The highest BCUT2D eigenvalue weighted by Gasteiger charge is 2.28. The molecule has 0 saturated carbocycles. The zero-order valence-electron chi connectivity index (χ0n) is 16.1. The molecule has 0 bridgehead atoms.